The van der Waals surface area contributed by atoms with Gasteiger partial charge in [0.2, 0.25) is 0 Å². The van der Waals surface area contributed by atoms with Crippen LogP contribution in [0.5, 0.6) is 23.0 Å². The van der Waals surface area contributed by atoms with Crippen molar-refractivity contribution in [3.05, 3.63) is 59.7 Å². The van der Waals surface area contributed by atoms with E-state index < -0.39 is 0 Å². The van der Waals surface area contributed by atoms with E-state index in [1.165, 1.54) is 7.11 Å². The lowest BCUT2D eigenvalue weighted by Gasteiger charge is -2.06. The van der Waals surface area contributed by atoms with Crippen molar-refractivity contribution in [2.75, 3.05) is 14.2 Å². The first-order valence-electron chi connectivity index (χ1n) is 8.21. The van der Waals surface area contributed by atoms with Gasteiger partial charge in [0.25, 0.3) is 0 Å². The minimum absolute atomic E-state index is 0.143. The largest absolute Gasteiger partial charge is 0.507 e. The Balaban J connectivity index is 1.82. The average Bonchev–Trinajstić information content (AvgIpc) is 2.63. The van der Waals surface area contributed by atoms with Crippen molar-refractivity contribution >= 4 is 12.2 Å². The molecular weight excluding hydrogens is 316 g/mol. The molecule has 0 atom stereocenters. The minimum Gasteiger partial charge on any atom is -0.507 e. The van der Waals surface area contributed by atoms with Gasteiger partial charge in [-0.15, -0.1) is 0 Å². The number of methoxy groups -OCH3 is 2. The van der Waals surface area contributed by atoms with E-state index in [2.05, 4.69) is 6.08 Å². The quantitative estimate of drug-likeness (QED) is 0.663. The lowest BCUT2D eigenvalue weighted by Crippen LogP contribution is -1.86. The van der Waals surface area contributed by atoms with Gasteiger partial charge in [-0.3, -0.25) is 0 Å². The van der Waals surface area contributed by atoms with Gasteiger partial charge in [0.05, 0.1) is 19.8 Å². The molecule has 0 radical (unpaired) electrons. The van der Waals surface area contributed by atoms with E-state index in [-0.39, 0.29) is 11.5 Å². The summed E-state index contributed by atoms with van der Waals surface area (Å²) in [6.45, 7) is 0. The summed E-state index contributed by atoms with van der Waals surface area (Å²) in [6.07, 6.45) is 10.9. The normalized spacial score (nSPS) is 11.3. The van der Waals surface area contributed by atoms with Crippen molar-refractivity contribution < 1.29 is 19.7 Å². The lowest BCUT2D eigenvalue weighted by molar-refractivity contribution is 0.373. The molecule has 0 saturated heterocycles. The van der Waals surface area contributed by atoms with Crippen LogP contribution in [-0.2, 0) is 0 Å². The van der Waals surface area contributed by atoms with Crippen molar-refractivity contribution in [2.45, 2.75) is 19.3 Å². The molecule has 0 unspecified atom stereocenters. The Morgan fingerprint density at radius 3 is 2.28 bits per heavy atom. The fraction of sp³-hybridized carbons (Fsp3) is 0.238. The number of aromatic hydroxyl groups is 2. The van der Waals surface area contributed by atoms with E-state index in [9.17, 15) is 10.2 Å². The van der Waals surface area contributed by atoms with Crippen LogP contribution >= 0.6 is 0 Å². The van der Waals surface area contributed by atoms with Gasteiger partial charge in [-0.05, 0) is 49.1 Å². The second kappa shape index (κ2) is 9.42. The summed E-state index contributed by atoms with van der Waals surface area (Å²) in [5, 5.41) is 19.5. The predicted molar refractivity (Wildman–Crippen MR) is 101 cm³/mol. The smallest absolute Gasteiger partial charge is 0.161 e. The first-order valence-corrected chi connectivity index (χ1v) is 8.21. The van der Waals surface area contributed by atoms with E-state index >= 15 is 0 Å². The fourth-order valence-corrected chi connectivity index (χ4v) is 2.45. The van der Waals surface area contributed by atoms with E-state index in [0.717, 1.165) is 24.8 Å². The maximum atomic E-state index is 9.88. The molecule has 2 rings (SSSR count). The highest BCUT2D eigenvalue weighted by molar-refractivity contribution is 5.63. The van der Waals surface area contributed by atoms with Gasteiger partial charge in [-0.1, -0.05) is 36.4 Å². The molecule has 0 saturated carbocycles. The molecule has 2 N–H and O–H groups in total. The van der Waals surface area contributed by atoms with E-state index in [1.54, 1.807) is 31.4 Å². The van der Waals surface area contributed by atoms with Crippen molar-refractivity contribution in [3.8, 4) is 23.0 Å². The standard InChI is InChI=1S/C21H24O4/c1-24-20-12-8-11-18(22)17(20)10-7-5-3-4-6-9-16-13-14-19(23)21(15-16)25-2/h6-15,22-23H,3-5H2,1-2H3/b9-6+,10-7+. The highest BCUT2D eigenvalue weighted by Crippen LogP contribution is 2.29. The number of phenolic OH excluding ortho intramolecular Hbond substituents is 2. The van der Waals surface area contributed by atoms with Crippen LogP contribution in [-0.4, -0.2) is 24.4 Å². The van der Waals surface area contributed by atoms with Crippen LogP contribution in [0.15, 0.2) is 48.6 Å². The molecule has 0 aliphatic rings. The number of ether oxygens (including phenoxy) is 2. The topological polar surface area (TPSA) is 58.9 Å². The van der Waals surface area contributed by atoms with Crippen molar-refractivity contribution in [1.29, 1.82) is 0 Å². The van der Waals surface area contributed by atoms with Gasteiger partial charge < -0.3 is 19.7 Å². The zero-order valence-electron chi connectivity index (χ0n) is 14.6. The summed E-state index contributed by atoms with van der Waals surface area (Å²) in [4.78, 5) is 0. The Bertz CT molecular complexity index is 748. The number of phenols is 2. The molecule has 25 heavy (non-hydrogen) atoms. The van der Waals surface area contributed by atoms with Crippen LogP contribution in [0.4, 0.5) is 0 Å². The first kappa shape index (κ1) is 18.5. The van der Waals surface area contributed by atoms with Gasteiger partial charge in [0.1, 0.15) is 11.5 Å². The molecule has 2 aromatic rings. The zero-order chi connectivity index (χ0) is 18.1. The summed E-state index contributed by atoms with van der Waals surface area (Å²) < 4.78 is 10.3. The average molecular weight is 340 g/mol. The highest BCUT2D eigenvalue weighted by atomic mass is 16.5. The zero-order valence-corrected chi connectivity index (χ0v) is 14.6. The number of rotatable bonds is 8. The second-order valence-electron chi connectivity index (χ2n) is 5.56. The number of benzene rings is 2. The summed E-state index contributed by atoms with van der Waals surface area (Å²) in [5.74, 6) is 1.50. The third-order valence-corrected chi connectivity index (χ3v) is 3.80. The van der Waals surface area contributed by atoms with Gasteiger partial charge in [0.15, 0.2) is 11.5 Å². The molecule has 4 nitrogen and oxygen atoms in total. The second-order valence-corrected chi connectivity index (χ2v) is 5.56. The van der Waals surface area contributed by atoms with E-state index in [0.29, 0.717) is 17.1 Å². The van der Waals surface area contributed by atoms with Crippen LogP contribution in [0.3, 0.4) is 0 Å². The summed E-state index contributed by atoms with van der Waals surface area (Å²) in [7, 11) is 3.13. The summed E-state index contributed by atoms with van der Waals surface area (Å²) in [5.41, 5.74) is 1.70. The molecular formula is C21H24O4. The van der Waals surface area contributed by atoms with Crippen molar-refractivity contribution in [1.82, 2.24) is 0 Å². The van der Waals surface area contributed by atoms with Gasteiger partial charge in [-0.2, -0.15) is 0 Å². The molecule has 0 spiro atoms. The Morgan fingerprint density at radius 2 is 1.56 bits per heavy atom. The van der Waals surface area contributed by atoms with E-state index in [4.69, 9.17) is 9.47 Å². The van der Waals surface area contributed by atoms with Crippen LogP contribution in [0.2, 0.25) is 0 Å². The number of hydrogen-bond donors (Lipinski definition) is 2. The molecule has 2 aromatic carbocycles. The molecule has 0 amide bonds. The number of hydrogen-bond acceptors (Lipinski definition) is 4. The molecule has 4 heteroatoms. The SMILES string of the molecule is COc1cc(/C=C/CCC/C=C/c2c(O)cccc2OC)ccc1O. The van der Waals surface area contributed by atoms with Crippen molar-refractivity contribution in [2.24, 2.45) is 0 Å². The molecule has 132 valence electrons. The Labute approximate surface area is 148 Å². The van der Waals surface area contributed by atoms with E-state index in [1.807, 2.05) is 30.4 Å². The third-order valence-electron chi connectivity index (χ3n) is 3.80. The van der Waals surface area contributed by atoms with Crippen LogP contribution in [0.25, 0.3) is 12.2 Å². The Kier molecular flexibility index (Phi) is 6.96. The van der Waals surface area contributed by atoms with Crippen LogP contribution < -0.4 is 9.47 Å². The molecule has 0 bridgehead atoms. The number of unbranched alkanes of at least 4 members (excludes halogenated alkanes) is 2. The maximum Gasteiger partial charge on any atom is 0.161 e. The third kappa shape index (κ3) is 5.31. The van der Waals surface area contributed by atoms with Gasteiger partial charge in [0, 0.05) is 0 Å². The van der Waals surface area contributed by atoms with Crippen molar-refractivity contribution in [3.63, 3.8) is 0 Å². The maximum absolute atomic E-state index is 9.88. The number of allylic oxidation sites excluding steroid dienone is 2. The Morgan fingerprint density at radius 1 is 0.840 bits per heavy atom. The Hall–Kier alpha value is -2.88. The summed E-state index contributed by atoms with van der Waals surface area (Å²) >= 11 is 0. The molecule has 0 aliphatic heterocycles. The van der Waals surface area contributed by atoms with Crippen LogP contribution in [0.1, 0.15) is 30.4 Å². The summed E-state index contributed by atoms with van der Waals surface area (Å²) in [6, 6.07) is 10.5. The van der Waals surface area contributed by atoms with Gasteiger partial charge >= 0.3 is 0 Å². The fourth-order valence-electron chi connectivity index (χ4n) is 2.45. The highest BCUT2D eigenvalue weighted by Gasteiger charge is 2.03. The predicted octanol–water partition coefficient (Wildman–Crippen LogP) is 5.01. The van der Waals surface area contributed by atoms with Crippen LogP contribution in [0, 0.1) is 0 Å². The van der Waals surface area contributed by atoms with Gasteiger partial charge in [-0.25, -0.2) is 0 Å². The molecule has 0 fully saturated rings. The monoisotopic (exact) mass is 340 g/mol. The first-order chi connectivity index (χ1) is 12.2. The lowest BCUT2D eigenvalue weighted by atomic mass is 10.1. The molecule has 0 aliphatic carbocycles. The minimum atomic E-state index is 0.143. The molecule has 0 aromatic heterocycles. The molecule has 0 heterocycles.